The zero-order chi connectivity index (χ0) is 19.1. The first-order valence-corrected chi connectivity index (χ1v) is 8.50. The Morgan fingerprint density at radius 2 is 1.93 bits per heavy atom. The molecule has 1 amide bonds. The van der Waals surface area contributed by atoms with Crippen molar-refractivity contribution >= 4 is 11.6 Å². The Bertz CT molecular complexity index is 1070. The van der Waals surface area contributed by atoms with Crippen molar-refractivity contribution in [1.82, 2.24) is 10.1 Å². The number of carbonyl (C=O) groups is 1. The summed E-state index contributed by atoms with van der Waals surface area (Å²) in [6.45, 7) is 3.73. The Morgan fingerprint density at radius 3 is 2.63 bits per heavy atom. The molecule has 6 nitrogen and oxygen atoms in total. The number of pyridine rings is 1. The summed E-state index contributed by atoms with van der Waals surface area (Å²) in [5, 5.41) is 4.00. The third-order valence-electron chi connectivity index (χ3n) is 4.61. The zero-order valence-corrected chi connectivity index (χ0v) is 14.9. The summed E-state index contributed by atoms with van der Waals surface area (Å²) >= 11 is 0. The van der Waals surface area contributed by atoms with Gasteiger partial charge in [0.1, 0.15) is 6.04 Å². The van der Waals surface area contributed by atoms with E-state index < -0.39 is 17.9 Å². The number of halogens is 1. The van der Waals surface area contributed by atoms with Crippen molar-refractivity contribution in [2.45, 2.75) is 26.3 Å². The number of hydrogen-bond donors (Lipinski definition) is 1. The van der Waals surface area contributed by atoms with Crippen molar-refractivity contribution in [3.05, 3.63) is 70.6 Å². The molecule has 136 valence electrons. The van der Waals surface area contributed by atoms with Gasteiger partial charge in [-0.25, -0.2) is 4.98 Å². The molecule has 1 aliphatic rings. The molecule has 0 spiro atoms. The Kier molecular flexibility index (Phi) is 4.07. The first-order chi connectivity index (χ1) is 13.0. The number of rotatable bonds is 3. The van der Waals surface area contributed by atoms with E-state index in [4.69, 9.17) is 10.3 Å². The minimum atomic E-state index is -0.693. The van der Waals surface area contributed by atoms with Crippen LogP contribution in [0.4, 0.5) is 4.39 Å². The first-order valence-electron chi connectivity index (χ1n) is 8.50. The highest BCUT2D eigenvalue weighted by Gasteiger charge is 2.33. The van der Waals surface area contributed by atoms with Crippen LogP contribution in [0.25, 0.3) is 11.1 Å². The third-order valence-corrected chi connectivity index (χ3v) is 4.61. The number of aryl methyl sites for hydroxylation is 2. The summed E-state index contributed by atoms with van der Waals surface area (Å²) in [4.78, 5) is 20.1. The standard InChI is InChI=1S/C20H17FN4O2/c1-10-3-5-12(6-4-10)18-17-13(7-8-23-20(17)21)16-11(2)25-27-19(16)14(24-18)9-15(22)26/h3-8,14H,9H2,1-2H3,(H2,22,26). The van der Waals surface area contributed by atoms with Crippen molar-refractivity contribution in [3.8, 4) is 11.1 Å². The molecular formula is C20H17FN4O2. The predicted molar refractivity (Wildman–Crippen MR) is 97.8 cm³/mol. The van der Waals surface area contributed by atoms with E-state index in [1.54, 1.807) is 13.0 Å². The van der Waals surface area contributed by atoms with Gasteiger partial charge in [-0.05, 0) is 19.9 Å². The van der Waals surface area contributed by atoms with Gasteiger partial charge in [-0.3, -0.25) is 9.79 Å². The summed E-state index contributed by atoms with van der Waals surface area (Å²) in [5.41, 5.74) is 9.69. The molecule has 3 heterocycles. The highest BCUT2D eigenvalue weighted by molar-refractivity contribution is 6.17. The van der Waals surface area contributed by atoms with Crippen molar-refractivity contribution in [3.63, 3.8) is 0 Å². The number of carbonyl (C=O) groups excluding carboxylic acids is 1. The number of nitrogens with two attached hydrogens (primary N) is 1. The summed E-state index contributed by atoms with van der Waals surface area (Å²) in [6.07, 6.45) is 1.32. The Hall–Kier alpha value is -3.35. The summed E-state index contributed by atoms with van der Waals surface area (Å²) in [5.74, 6) is -0.769. The van der Waals surface area contributed by atoms with Crippen molar-refractivity contribution in [1.29, 1.82) is 0 Å². The van der Waals surface area contributed by atoms with Crippen molar-refractivity contribution < 1.29 is 13.7 Å². The zero-order valence-electron chi connectivity index (χ0n) is 14.9. The van der Waals surface area contributed by atoms with E-state index >= 15 is 0 Å². The van der Waals surface area contributed by atoms with Gasteiger partial charge in [0.25, 0.3) is 0 Å². The predicted octanol–water partition coefficient (Wildman–Crippen LogP) is 3.26. The second-order valence-corrected chi connectivity index (χ2v) is 6.56. The van der Waals surface area contributed by atoms with Gasteiger partial charge in [-0.2, -0.15) is 4.39 Å². The number of hydrogen-bond acceptors (Lipinski definition) is 5. The molecular weight excluding hydrogens is 347 g/mol. The van der Waals surface area contributed by atoms with Crippen LogP contribution < -0.4 is 5.73 Å². The lowest BCUT2D eigenvalue weighted by molar-refractivity contribution is -0.118. The van der Waals surface area contributed by atoms with Crippen LogP contribution in [0.2, 0.25) is 0 Å². The fourth-order valence-corrected chi connectivity index (χ4v) is 3.35. The van der Waals surface area contributed by atoms with Crippen LogP contribution in [-0.4, -0.2) is 21.8 Å². The van der Waals surface area contributed by atoms with Crippen molar-refractivity contribution in [2.75, 3.05) is 0 Å². The number of fused-ring (bicyclic) bond motifs is 3. The molecule has 4 rings (SSSR count). The summed E-state index contributed by atoms with van der Waals surface area (Å²) in [7, 11) is 0. The monoisotopic (exact) mass is 364 g/mol. The third kappa shape index (κ3) is 2.91. The fraction of sp³-hybridized carbons (Fsp3) is 0.200. The van der Waals surface area contributed by atoms with Gasteiger partial charge in [0, 0.05) is 17.3 Å². The minimum absolute atomic E-state index is 0.0694. The van der Waals surface area contributed by atoms with E-state index in [0.29, 0.717) is 28.3 Å². The van der Waals surface area contributed by atoms with Gasteiger partial charge < -0.3 is 10.3 Å². The number of aromatic nitrogens is 2. The molecule has 27 heavy (non-hydrogen) atoms. The number of benzene rings is 1. The van der Waals surface area contributed by atoms with E-state index in [-0.39, 0.29) is 12.0 Å². The highest BCUT2D eigenvalue weighted by atomic mass is 19.1. The quantitative estimate of drug-likeness (QED) is 0.722. The maximum atomic E-state index is 14.9. The molecule has 3 aromatic rings. The highest BCUT2D eigenvalue weighted by Crippen LogP contribution is 2.41. The molecule has 1 aromatic carbocycles. The van der Waals surface area contributed by atoms with Gasteiger partial charge in [-0.1, -0.05) is 35.0 Å². The maximum absolute atomic E-state index is 14.9. The lowest BCUT2D eigenvalue weighted by Crippen LogP contribution is -2.15. The molecule has 2 N–H and O–H groups in total. The van der Waals surface area contributed by atoms with Crippen molar-refractivity contribution in [2.24, 2.45) is 10.7 Å². The minimum Gasteiger partial charge on any atom is -0.370 e. The Balaban J connectivity index is 2.04. The number of primary amides is 1. The van der Waals surface area contributed by atoms with Crippen LogP contribution in [0.5, 0.6) is 0 Å². The first kappa shape index (κ1) is 17.1. The van der Waals surface area contributed by atoms with Crippen LogP contribution in [0.1, 0.15) is 40.6 Å². The van der Waals surface area contributed by atoms with Crippen LogP contribution in [0.3, 0.4) is 0 Å². The summed E-state index contributed by atoms with van der Waals surface area (Å²) < 4.78 is 20.3. The fourth-order valence-electron chi connectivity index (χ4n) is 3.35. The molecule has 1 atom stereocenters. The van der Waals surface area contributed by atoms with E-state index in [1.165, 1.54) is 6.20 Å². The second-order valence-electron chi connectivity index (χ2n) is 6.56. The van der Waals surface area contributed by atoms with E-state index in [9.17, 15) is 9.18 Å². The summed E-state index contributed by atoms with van der Waals surface area (Å²) in [6, 6.07) is 8.58. The van der Waals surface area contributed by atoms with Gasteiger partial charge in [0.15, 0.2) is 5.76 Å². The van der Waals surface area contributed by atoms with E-state index in [0.717, 1.165) is 11.1 Å². The van der Waals surface area contributed by atoms with Gasteiger partial charge >= 0.3 is 0 Å². The maximum Gasteiger partial charge on any atom is 0.222 e. The van der Waals surface area contributed by atoms with E-state index in [2.05, 4.69) is 15.1 Å². The lowest BCUT2D eigenvalue weighted by Gasteiger charge is -2.12. The smallest absolute Gasteiger partial charge is 0.222 e. The normalized spacial score (nSPS) is 15.5. The molecule has 2 aromatic heterocycles. The van der Waals surface area contributed by atoms with Crippen LogP contribution in [0, 0.1) is 19.8 Å². The SMILES string of the molecule is Cc1ccc(C2=NC(CC(N)=O)c3onc(C)c3-c3ccnc(F)c32)cc1. The van der Waals surface area contributed by atoms with Crippen LogP contribution in [0.15, 0.2) is 46.0 Å². The molecule has 1 unspecified atom stereocenters. The molecule has 0 aliphatic carbocycles. The number of amides is 1. The van der Waals surface area contributed by atoms with E-state index in [1.807, 2.05) is 31.2 Å². The Morgan fingerprint density at radius 1 is 1.19 bits per heavy atom. The van der Waals surface area contributed by atoms with Gasteiger partial charge in [0.2, 0.25) is 11.9 Å². The van der Waals surface area contributed by atoms with Gasteiger partial charge in [-0.15, -0.1) is 0 Å². The topological polar surface area (TPSA) is 94.4 Å². The Labute approximate surface area is 154 Å². The lowest BCUT2D eigenvalue weighted by atomic mass is 9.94. The number of nitrogens with zero attached hydrogens (tertiary/aromatic N) is 3. The molecule has 1 aliphatic heterocycles. The average molecular weight is 364 g/mol. The van der Waals surface area contributed by atoms with Crippen LogP contribution in [-0.2, 0) is 4.79 Å². The molecule has 0 saturated carbocycles. The van der Waals surface area contributed by atoms with Gasteiger partial charge in [0.05, 0.1) is 29.0 Å². The molecule has 0 fully saturated rings. The molecule has 0 radical (unpaired) electrons. The largest absolute Gasteiger partial charge is 0.370 e. The average Bonchev–Trinajstić information content (AvgIpc) is 2.94. The molecule has 0 saturated heterocycles. The number of aliphatic imine (C=N–C) groups is 1. The molecule has 7 heteroatoms. The second kappa shape index (κ2) is 6.42. The molecule has 0 bridgehead atoms. The van der Waals surface area contributed by atoms with Crippen LogP contribution >= 0.6 is 0 Å².